The lowest BCUT2D eigenvalue weighted by molar-refractivity contribution is -0.141. The Morgan fingerprint density at radius 1 is 1.03 bits per heavy atom. The van der Waals surface area contributed by atoms with Gasteiger partial charge in [0.25, 0.3) is 5.91 Å². The van der Waals surface area contributed by atoms with Gasteiger partial charge in [-0.2, -0.15) is 18.3 Å². The van der Waals surface area contributed by atoms with E-state index in [1.807, 2.05) is 19.2 Å². The van der Waals surface area contributed by atoms with Crippen LogP contribution < -0.4 is 15.0 Å². The molecule has 0 bridgehead atoms. The number of halogens is 3. The van der Waals surface area contributed by atoms with Crippen LogP contribution >= 0.6 is 0 Å². The van der Waals surface area contributed by atoms with Crippen LogP contribution in [0.1, 0.15) is 53.0 Å². The molecule has 1 fully saturated rings. The SMILES string of the molecule is CNCC1(c2ccc(N3CCc4c(C(F)(F)F)nn(-c5ccc(OC)cc5)c4C3=O)cc2)CCCC1. The van der Waals surface area contributed by atoms with E-state index in [4.69, 9.17) is 4.74 Å². The normalized spacial score (nSPS) is 17.4. The van der Waals surface area contributed by atoms with Gasteiger partial charge in [0.15, 0.2) is 5.69 Å². The number of nitrogens with zero attached hydrogens (tertiary/aromatic N) is 3. The Morgan fingerprint density at radius 3 is 2.25 bits per heavy atom. The number of alkyl halides is 3. The minimum atomic E-state index is -4.66. The highest BCUT2D eigenvalue weighted by molar-refractivity contribution is 6.07. The number of carbonyl (C=O) groups excluding carboxylic acids is 1. The van der Waals surface area contributed by atoms with E-state index in [1.165, 1.54) is 25.5 Å². The minimum Gasteiger partial charge on any atom is -0.497 e. The van der Waals surface area contributed by atoms with E-state index in [0.29, 0.717) is 17.1 Å². The van der Waals surface area contributed by atoms with Gasteiger partial charge < -0.3 is 15.0 Å². The molecule has 0 atom stereocenters. The molecule has 2 aromatic carbocycles. The van der Waals surface area contributed by atoms with E-state index < -0.39 is 17.8 Å². The molecule has 5 rings (SSSR count). The fourth-order valence-corrected chi connectivity index (χ4v) is 5.70. The first-order valence-corrected chi connectivity index (χ1v) is 12.2. The number of carbonyl (C=O) groups is 1. The molecular formula is C27H29F3N4O2. The lowest BCUT2D eigenvalue weighted by Gasteiger charge is -2.31. The Bertz CT molecular complexity index is 1240. The second-order valence-corrected chi connectivity index (χ2v) is 9.55. The summed E-state index contributed by atoms with van der Waals surface area (Å²) in [7, 11) is 3.46. The highest BCUT2D eigenvalue weighted by atomic mass is 19.4. The van der Waals surface area contributed by atoms with E-state index in [0.717, 1.165) is 24.1 Å². The van der Waals surface area contributed by atoms with Crippen molar-refractivity contribution in [3.05, 3.63) is 71.0 Å². The zero-order valence-electron chi connectivity index (χ0n) is 20.4. The molecule has 36 heavy (non-hydrogen) atoms. The molecule has 0 saturated heterocycles. The van der Waals surface area contributed by atoms with Crippen LogP contribution in [0.5, 0.6) is 5.75 Å². The third kappa shape index (κ3) is 4.15. The Labute approximate surface area is 208 Å². The lowest BCUT2D eigenvalue weighted by atomic mass is 9.78. The number of ether oxygens (including phenoxy) is 1. The maximum Gasteiger partial charge on any atom is 0.435 e. The van der Waals surface area contributed by atoms with Crippen molar-refractivity contribution in [1.29, 1.82) is 0 Å². The van der Waals surface area contributed by atoms with Crippen molar-refractivity contribution in [3.8, 4) is 11.4 Å². The van der Waals surface area contributed by atoms with Crippen molar-refractivity contribution in [1.82, 2.24) is 15.1 Å². The molecule has 0 radical (unpaired) electrons. The Morgan fingerprint density at radius 2 is 1.67 bits per heavy atom. The molecule has 0 spiro atoms. The van der Waals surface area contributed by atoms with Gasteiger partial charge in [0, 0.05) is 29.8 Å². The third-order valence-corrected chi connectivity index (χ3v) is 7.47. The first kappa shape index (κ1) is 24.4. The second-order valence-electron chi connectivity index (χ2n) is 9.55. The molecule has 3 aromatic rings. The summed E-state index contributed by atoms with van der Waals surface area (Å²) in [5.74, 6) is 0.0655. The van der Waals surface area contributed by atoms with Gasteiger partial charge in [0.1, 0.15) is 11.4 Å². The number of benzene rings is 2. The first-order valence-electron chi connectivity index (χ1n) is 12.2. The average Bonchev–Trinajstić information content (AvgIpc) is 3.51. The summed E-state index contributed by atoms with van der Waals surface area (Å²) in [6, 6.07) is 14.4. The number of nitrogens with one attached hydrogen (secondary N) is 1. The largest absolute Gasteiger partial charge is 0.497 e. The average molecular weight is 499 g/mol. The van der Waals surface area contributed by atoms with Crippen molar-refractivity contribution in [3.63, 3.8) is 0 Å². The molecule has 1 N–H and O–H groups in total. The topological polar surface area (TPSA) is 59.4 Å². The minimum absolute atomic E-state index is 0.0507. The highest BCUT2D eigenvalue weighted by Crippen LogP contribution is 2.42. The summed E-state index contributed by atoms with van der Waals surface area (Å²) in [5, 5.41) is 7.17. The molecule has 0 unspecified atom stereocenters. The van der Waals surface area contributed by atoms with Gasteiger partial charge in [-0.25, -0.2) is 4.68 Å². The molecule has 1 amide bonds. The summed E-state index contributed by atoms with van der Waals surface area (Å²) >= 11 is 0. The van der Waals surface area contributed by atoms with E-state index in [9.17, 15) is 18.0 Å². The quantitative estimate of drug-likeness (QED) is 0.512. The summed E-state index contributed by atoms with van der Waals surface area (Å²) in [4.78, 5) is 15.2. The van der Waals surface area contributed by atoms with Crippen molar-refractivity contribution < 1.29 is 22.7 Å². The number of amides is 1. The van der Waals surface area contributed by atoms with Crippen molar-refractivity contribution in [2.45, 2.75) is 43.7 Å². The summed E-state index contributed by atoms with van der Waals surface area (Å²) in [5.41, 5.74) is 1.23. The van der Waals surface area contributed by atoms with Crippen LogP contribution in [-0.2, 0) is 18.0 Å². The molecule has 1 aliphatic heterocycles. The predicted molar refractivity (Wildman–Crippen MR) is 131 cm³/mol. The fourth-order valence-electron chi connectivity index (χ4n) is 5.70. The second kappa shape index (κ2) is 9.28. The number of anilines is 1. The predicted octanol–water partition coefficient (Wildman–Crippen LogP) is 5.13. The van der Waals surface area contributed by atoms with Crippen molar-refractivity contribution in [2.24, 2.45) is 0 Å². The lowest BCUT2D eigenvalue weighted by Crippen LogP contribution is -2.39. The van der Waals surface area contributed by atoms with Gasteiger partial charge >= 0.3 is 6.18 Å². The molecule has 1 aromatic heterocycles. The number of methoxy groups -OCH3 is 1. The van der Waals surface area contributed by atoms with Gasteiger partial charge in [-0.15, -0.1) is 0 Å². The van der Waals surface area contributed by atoms with Gasteiger partial charge in [-0.3, -0.25) is 4.79 Å². The van der Waals surface area contributed by atoms with Gasteiger partial charge in [-0.05, 0) is 68.3 Å². The number of rotatable bonds is 6. The van der Waals surface area contributed by atoms with E-state index in [-0.39, 0.29) is 29.6 Å². The molecule has 9 heteroatoms. The van der Waals surface area contributed by atoms with E-state index in [2.05, 4.69) is 22.5 Å². The smallest absolute Gasteiger partial charge is 0.435 e. The van der Waals surface area contributed by atoms with Crippen LogP contribution in [0, 0.1) is 0 Å². The molecule has 6 nitrogen and oxygen atoms in total. The van der Waals surface area contributed by atoms with Crippen LogP contribution in [0.25, 0.3) is 5.69 Å². The Hall–Kier alpha value is -3.33. The number of aromatic nitrogens is 2. The standard InChI is InChI=1S/C27H29F3N4O2/c1-31-17-26(14-3-4-15-26)18-5-7-19(8-6-18)33-16-13-22-23(25(33)35)34(32-24(22)27(28,29)30)20-9-11-21(36-2)12-10-20/h5-12,31H,3-4,13-17H2,1-2H3. The van der Waals surface area contributed by atoms with Gasteiger partial charge in [0.2, 0.25) is 0 Å². The van der Waals surface area contributed by atoms with Crippen LogP contribution in [0.2, 0.25) is 0 Å². The maximum atomic E-state index is 13.8. The fraction of sp³-hybridized carbons (Fsp3) is 0.407. The molecule has 1 aliphatic carbocycles. The Balaban J connectivity index is 1.51. The van der Waals surface area contributed by atoms with Crippen LogP contribution in [0.15, 0.2) is 48.5 Å². The third-order valence-electron chi connectivity index (χ3n) is 7.47. The molecular weight excluding hydrogens is 469 g/mol. The zero-order valence-corrected chi connectivity index (χ0v) is 20.4. The van der Waals surface area contributed by atoms with Gasteiger partial charge in [-0.1, -0.05) is 25.0 Å². The van der Waals surface area contributed by atoms with Crippen molar-refractivity contribution >= 4 is 11.6 Å². The Kier molecular flexibility index (Phi) is 6.28. The van der Waals surface area contributed by atoms with E-state index in [1.54, 1.807) is 29.2 Å². The monoisotopic (exact) mass is 498 g/mol. The number of likely N-dealkylation sites (N-methyl/N-ethyl adjacent to an activating group) is 1. The zero-order chi connectivity index (χ0) is 25.5. The molecule has 2 aliphatic rings. The van der Waals surface area contributed by atoms with Gasteiger partial charge in [0.05, 0.1) is 12.8 Å². The molecule has 2 heterocycles. The van der Waals surface area contributed by atoms with E-state index >= 15 is 0 Å². The maximum absolute atomic E-state index is 13.8. The van der Waals surface area contributed by atoms with Crippen molar-refractivity contribution in [2.75, 3.05) is 32.1 Å². The first-order chi connectivity index (χ1) is 17.3. The molecule has 1 saturated carbocycles. The number of fused-ring (bicyclic) bond motifs is 1. The van der Waals surface area contributed by atoms with Crippen LogP contribution in [-0.4, -0.2) is 42.9 Å². The number of hydrogen-bond acceptors (Lipinski definition) is 4. The summed E-state index contributed by atoms with van der Waals surface area (Å²) in [6.45, 7) is 1.05. The van der Waals surface area contributed by atoms with Crippen LogP contribution in [0.3, 0.4) is 0 Å². The number of hydrogen-bond donors (Lipinski definition) is 1. The van der Waals surface area contributed by atoms with Crippen LogP contribution in [0.4, 0.5) is 18.9 Å². The summed E-state index contributed by atoms with van der Waals surface area (Å²) in [6.07, 6.45) is 0.00859. The highest BCUT2D eigenvalue weighted by Gasteiger charge is 2.43. The summed E-state index contributed by atoms with van der Waals surface area (Å²) < 4.78 is 47.8. The molecule has 190 valence electrons.